The predicted molar refractivity (Wildman–Crippen MR) is 73.4 cm³/mol. The first kappa shape index (κ1) is 16.7. The number of rotatable bonds is 0. The fraction of sp³-hybridized carbons (Fsp3) is 0. The van der Waals surface area contributed by atoms with Crippen molar-refractivity contribution in [2.24, 2.45) is 0 Å². The van der Waals surface area contributed by atoms with Crippen molar-refractivity contribution in [3.63, 3.8) is 0 Å². The van der Waals surface area contributed by atoms with Gasteiger partial charge in [-0.25, -0.2) is 0 Å². The summed E-state index contributed by atoms with van der Waals surface area (Å²) >= 11 is 4.45. The molecule has 0 saturated carbocycles. The summed E-state index contributed by atoms with van der Waals surface area (Å²) in [5.41, 5.74) is 0. The first-order valence-electron chi connectivity index (χ1n) is 4.84. The molecule has 4 N–H and O–H groups in total. The lowest BCUT2D eigenvalue weighted by Crippen LogP contribution is -1.56. The zero-order valence-corrected chi connectivity index (χ0v) is 11.0. The zero-order valence-electron chi connectivity index (χ0n) is 9.39. The molecule has 0 aliphatic carbocycles. The largest absolute Gasteiger partial charge is 0.508 e. The van der Waals surface area contributed by atoms with Gasteiger partial charge in [0.2, 0.25) is 0 Å². The second-order valence-electron chi connectivity index (χ2n) is 2.91. The fourth-order valence-electron chi connectivity index (χ4n) is 0.856. The quantitative estimate of drug-likeness (QED) is 0.561. The highest BCUT2D eigenvalue weighted by atomic mass is 35.7. The molecule has 0 amide bonds. The number of hydrogen-bond acceptors (Lipinski definition) is 4. The zero-order chi connectivity index (χ0) is 13.8. The lowest BCUT2D eigenvalue weighted by Gasteiger charge is -1.82. The molecule has 2 aromatic rings. The van der Waals surface area contributed by atoms with Crippen LogP contribution in [-0.2, 0) is 0 Å². The minimum Gasteiger partial charge on any atom is -0.508 e. The van der Waals surface area contributed by atoms with Gasteiger partial charge in [0.1, 0.15) is 11.5 Å². The number of phenols is 2. The highest BCUT2D eigenvalue weighted by molar-refractivity contribution is 7.74. The van der Waals surface area contributed by atoms with Crippen molar-refractivity contribution in [2.45, 2.75) is 0 Å². The molecule has 0 saturated heterocycles. The summed E-state index contributed by atoms with van der Waals surface area (Å²) in [5, 5.41) is 17.3. The van der Waals surface area contributed by atoms with E-state index in [9.17, 15) is 0 Å². The summed E-state index contributed by atoms with van der Waals surface area (Å²) in [6.45, 7) is 0. The van der Waals surface area contributed by atoms with Gasteiger partial charge >= 0.3 is 0 Å². The van der Waals surface area contributed by atoms with E-state index in [2.05, 4.69) is 11.2 Å². The van der Waals surface area contributed by atoms with Crippen LogP contribution in [0.2, 0.25) is 0 Å². The van der Waals surface area contributed by atoms with Crippen molar-refractivity contribution in [3.05, 3.63) is 60.7 Å². The van der Waals surface area contributed by atoms with Gasteiger partial charge in [-0.15, -0.1) is 0 Å². The molecule has 0 heterocycles. The van der Waals surface area contributed by atoms with Gasteiger partial charge in [0.05, 0.1) is 0 Å². The van der Waals surface area contributed by atoms with Gasteiger partial charge in [0.25, 0.3) is 7.73 Å². The van der Waals surface area contributed by atoms with E-state index in [0.29, 0.717) is 11.5 Å². The number of aromatic hydroxyl groups is 2. The Morgan fingerprint density at radius 1 is 0.667 bits per heavy atom. The molecule has 4 nitrogen and oxygen atoms in total. The Morgan fingerprint density at radius 3 is 1.00 bits per heavy atom. The Kier molecular flexibility index (Phi) is 10.0. The van der Waals surface area contributed by atoms with E-state index in [1.807, 2.05) is 12.1 Å². The van der Waals surface area contributed by atoms with Crippen LogP contribution in [0.15, 0.2) is 60.7 Å². The maximum atomic E-state index is 8.63. The summed E-state index contributed by atoms with van der Waals surface area (Å²) in [6.07, 6.45) is 0. The number of phenolic OH excluding ortho intramolecular Hbond substituents is 2. The Labute approximate surface area is 111 Å². The van der Waals surface area contributed by atoms with Gasteiger partial charge < -0.3 is 20.0 Å². The predicted octanol–water partition coefficient (Wildman–Crippen LogP) is 3.22. The highest BCUT2D eigenvalue weighted by Gasteiger charge is 1.78. The van der Waals surface area contributed by atoms with Gasteiger partial charge in [0, 0.05) is 0 Å². The van der Waals surface area contributed by atoms with E-state index in [1.165, 1.54) is 0 Å². The average Bonchev–Trinajstić information content (AvgIpc) is 2.31. The number of para-hydroxylation sites is 2. The van der Waals surface area contributed by atoms with Crippen molar-refractivity contribution in [3.8, 4) is 11.5 Å². The highest BCUT2D eigenvalue weighted by Crippen LogP contribution is 2.27. The van der Waals surface area contributed by atoms with Crippen LogP contribution in [0.1, 0.15) is 0 Å². The molecule has 18 heavy (non-hydrogen) atoms. The van der Waals surface area contributed by atoms with Crippen molar-refractivity contribution < 1.29 is 20.0 Å². The summed E-state index contributed by atoms with van der Waals surface area (Å²) < 4.78 is 0. The molecule has 0 aromatic heterocycles. The Morgan fingerprint density at radius 2 is 0.889 bits per heavy atom. The number of hydrogen-bond donors (Lipinski definition) is 4. The first-order valence-corrected chi connectivity index (χ1v) is 6.99. The SMILES string of the molecule is OP(O)Cl.Oc1ccccc1.Oc1ccccc1. The summed E-state index contributed by atoms with van der Waals surface area (Å²) in [7, 11) is -2.15. The molecule has 0 unspecified atom stereocenters. The van der Waals surface area contributed by atoms with Crippen LogP contribution in [0.4, 0.5) is 0 Å². The molecular weight excluding hydrogens is 275 g/mol. The maximum absolute atomic E-state index is 8.63. The minimum atomic E-state index is -2.15. The summed E-state index contributed by atoms with van der Waals surface area (Å²) in [6, 6.07) is 17.4. The summed E-state index contributed by atoms with van der Waals surface area (Å²) in [4.78, 5) is 14.9. The molecule has 6 heteroatoms. The van der Waals surface area contributed by atoms with E-state index in [1.54, 1.807) is 48.5 Å². The van der Waals surface area contributed by atoms with Crippen LogP contribution in [0.3, 0.4) is 0 Å². The van der Waals surface area contributed by atoms with Crippen LogP contribution in [-0.4, -0.2) is 20.0 Å². The second kappa shape index (κ2) is 10.8. The molecule has 0 spiro atoms. The third-order valence-corrected chi connectivity index (χ3v) is 1.51. The summed E-state index contributed by atoms with van der Waals surface area (Å²) in [5.74, 6) is 0.644. The monoisotopic (exact) mass is 288 g/mol. The third kappa shape index (κ3) is 12.7. The average molecular weight is 289 g/mol. The Hall–Kier alpha value is -1.32. The number of halogens is 1. The van der Waals surface area contributed by atoms with E-state index in [0.717, 1.165) is 0 Å². The van der Waals surface area contributed by atoms with Crippen molar-refractivity contribution in [1.82, 2.24) is 0 Å². The van der Waals surface area contributed by atoms with Gasteiger partial charge in [-0.05, 0) is 35.5 Å². The molecule has 0 aliphatic rings. The van der Waals surface area contributed by atoms with E-state index in [4.69, 9.17) is 20.0 Å². The van der Waals surface area contributed by atoms with Crippen LogP contribution in [0.5, 0.6) is 11.5 Å². The molecule has 0 radical (unpaired) electrons. The Balaban J connectivity index is 0.000000253. The second-order valence-corrected chi connectivity index (χ2v) is 4.30. The van der Waals surface area contributed by atoms with Gasteiger partial charge in [-0.2, -0.15) is 0 Å². The lowest BCUT2D eigenvalue weighted by molar-refractivity contribution is 0.475. The van der Waals surface area contributed by atoms with Crippen LogP contribution in [0.25, 0.3) is 0 Å². The molecule has 2 rings (SSSR count). The normalized spacial score (nSPS) is 8.67. The van der Waals surface area contributed by atoms with Gasteiger partial charge in [-0.1, -0.05) is 36.4 Å². The van der Waals surface area contributed by atoms with Gasteiger partial charge in [-0.3, -0.25) is 0 Å². The number of benzene rings is 2. The van der Waals surface area contributed by atoms with Crippen molar-refractivity contribution in [1.29, 1.82) is 0 Å². The Bertz CT molecular complexity index is 357. The van der Waals surface area contributed by atoms with Crippen LogP contribution in [0, 0.1) is 0 Å². The first-order chi connectivity index (χ1) is 8.52. The minimum absolute atomic E-state index is 0.322. The molecular formula is C12H14ClO4P. The lowest BCUT2D eigenvalue weighted by atomic mass is 10.3. The van der Waals surface area contributed by atoms with E-state index < -0.39 is 7.73 Å². The van der Waals surface area contributed by atoms with Crippen LogP contribution >= 0.6 is 19.0 Å². The van der Waals surface area contributed by atoms with Crippen LogP contribution < -0.4 is 0 Å². The maximum Gasteiger partial charge on any atom is 0.271 e. The molecule has 0 bridgehead atoms. The van der Waals surface area contributed by atoms with Gasteiger partial charge in [0.15, 0.2) is 0 Å². The molecule has 0 fully saturated rings. The topological polar surface area (TPSA) is 80.9 Å². The van der Waals surface area contributed by atoms with Crippen molar-refractivity contribution in [2.75, 3.05) is 0 Å². The third-order valence-electron chi connectivity index (χ3n) is 1.51. The van der Waals surface area contributed by atoms with Crippen molar-refractivity contribution >= 4 is 19.0 Å². The molecule has 0 aliphatic heterocycles. The fourth-order valence-corrected chi connectivity index (χ4v) is 0.856. The molecule has 98 valence electrons. The smallest absolute Gasteiger partial charge is 0.271 e. The molecule has 2 aromatic carbocycles. The van der Waals surface area contributed by atoms with E-state index in [-0.39, 0.29) is 0 Å². The molecule has 0 atom stereocenters. The van der Waals surface area contributed by atoms with E-state index >= 15 is 0 Å². The standard InChI is InChI=1S/2C6H6O.ClH2O2P/c2*7-6-4-2-1-3-5-6;1-4(2)3/h2*1-5,7H;2-3H.